The number of sulfonamides is 1. The zero-order valence-electron chi connectivity index (χ0n) is 17.1. The molecule has 2 aromatic carbocycles. The van der Waals surface area contributed by atoms with E-state index in [1.807, 2.05) is 13.0 Å². The van der Waals surface area contributed by atoms with E-state index in [4.69, 9.17) is 4.74 Å². The van der Waals surface area contributed by atoms with Crippen LogP contribution in [0.3, 0.4) is 0 Å². The number of carbonyl (C=O) groups is 2. The number of fused-ring (bicyclic) bond motifs is 2. The minimum atomic E-state index is -3.89. The minimum absolute atomic E-state index is 0.0266. The number of rotatable bonds is 4. The first-order valence-electron chi connectivity index (χ1n) is 9.68. The standard InChI is InChI=1S/C21H18N4O5S2/c1-11-20(12-3-6-17-15(8-12)22-18(26)10-30-17)23-21(31-11)24-32(28,29)14-4-5-16-13(7-14)9-19(27)25(16)2/h3-8H,9-10H2,1-2H3,(H,22,26)(H,23,24). The molecule has 2 aliphatic rings. The number of benzene rings is 2. The summed E-state index contributed by atoms with van der Waals surface area (Å²) < 4.78 is 33.8. The number of nitrogens with one attached hydrogen (secondary N) is 2. The van der Waals surface area contributed by atoms with E-state index in [0.717, 1.165) is 10.4 Å². The Morgan fingerprint density at radius 1 is 1.19 bits per heavy atom. The Kier molecular flexibility index (Phi) is 4.68. The van der Waals surface area contributed by atoms with Gasteiger partial charge >= 0.3 is 0 Å². The van der Waals surface area contributed by atoms with Crippen molar-refractivity contribution in [2.24, 2.45) is 0 Å². The van der Waals surface area contributed by atoms with Crippen molar-refractivity contribution in [1.82, 2.24) is 4.98 Å². The summed E-state index contributed by atoms with van der Waals surface area (Å²) >= 11 is 1.21. The zero-order valence-corrected chi connectivity index (χ0v) is 18.8. The summed E-state index contributed by atoms with van der Waals surface area (Å²) in [5, 5.41) is 2.98. The number of likely N-dealkylation sites (N-methyl/N-ethyl adjacent to an activating group) is 1. The van der Waals surface area contributed by atoms with E-state index in [-0.39, 0.29) is 34.9 Å². The van der Waals surface area contributed by atoms with Crippen LogP contribution in [0.15, 0.2) is 41.3 Å². The van der Waals surface area contributed by atoms with Gasteiger partial charge in [0.05, 0.1) is 22.7 Å². The maximum atomic E-state index is 12.9. The van der Waals surface area contributed by atoms with Gasteiger partial charge in [-0.1, -0.05) is 0 Å². The van der Waals surface area contributed by atoms with Gasteiger partial charge in [0.1, 0.15) is 5.75 Å². The summed E-state index contributed by atoms with van der Waals surface area (Å²) in [7, 11) is -2.22. The SMILES string of the molecule is Cc1sc(NS(=O)(=O)c2ccc3c(c2)CC(=O)N3C)nc1-c1ccc2c(c1)NC(=O)CO2. The van der Waals surface area contributed by atoms with Crippen LogP contribution in [-0.2, 0) is 26.0 Å². The van der Waals surface area contributed by atoms with E-state index in [2.05, 4.69) is 15.0 Å². The molecule has 3 heterocycles. The van der Waals surface area contributed by atoms with E-state index in [1.54, 1.807) is 25.2 Å². The van der Waals surface area contributed by atoms with Crippen LogP contribution in [0.4, 0.5) is 16.5 Å². The predicted octanol–water partition coefficient (Wildman–Crippen LogP) is 2.77. The fourth-order valence-electron chi connectivity index (χ4n) is 3.73. The first-order chi connectivity index (χ1) is 15.2. The van der Waals surface area contributed by atoms with Crippen LogP contribution in [0.5, 0.6) is 5.75 Å². The van der Waals surface area contributed by atoms with Crippen LogP contribution < -0.4 is 19.7 Å². The lowest BCUT2D eigenvalue weighted by Crippen LogP contribution is -2.25. The summed E-state index contributed by atoms with van der Waals surface area (Å²) in [4.78, 5) is 30.3. The molecular formula is C21H18N4O5S2. The zero-order chi connectivity index (χ0) is 22.6. The Labute approximate surface area is 188 Å². The Hall–Kier alpha value is -3.44. The summed E-state index contributed by atoms with van der Waals surface area (Å²) in [5.74, 6) is 0.262. The number of amides is 2. The summed E-state index contributed by atoms with van der Waals surface area (Å²) in [5.41, 5.74) is 3.27. The number of hydrogen-bond donors (Lipinski definition) is 2. The molecule has 2 aliphatic heterocycles. The third-order valence-corrected chi connectivity index (χ3v) is 7.69. The first kappa shape index (κ1) is 20.5. The Morgan fingerprint density at radius 3 is 2.81 bits per heavy atom. The van der Waals surface area contributed by atoms with Crippen molar-refractivity contribution in [2.45, 2.75) is 18.2 Å². The number of nitrogens with zero attached hydrogens (tertiary/aromatic N) is 2. The topological polar surface area (TPSA) is 118 Å². The van der Waals surface area contributed by atoms with Crippen LogP contribution in [-0.4, -0.2) is 38.9 Å². The van der Waals surface area contributed by atoms with E-state index in [1.165, 1.54) is 28.4 Å². The molecule has 0 saturated carbocycles. The van der Waals surface area contributed by atoms with Gasteiger partial charge in [-0.05, 0) is 48.9 Å². The molecule has 5 rings (SSSR count). The van der Waals surface area contributed by atoms with Crippen LogP contribution in [0.2, 0.25) is 0 Å². The molecule has 3 aromatic rings. The average Bonchev–Trinajstić information content (AvgIpc) is 3.25. The smallest absolute Gasteiger partial charge is 0.263 e. The Bertz CT molecular complexity index is 1400. The fraction of sp³-hybridized carbons (Fsp3) is 0.190. The molecule has 0 bridgehead atoms. The second kappa shape index (κ2) is 7.31. The second-order valence-corrected chi connectivity index (χ2v) is 10.4. The highest BCUT2D eigenvalue weighted by molar-refractivity contribution is 7.93. The third-order valence-electron chi connectivity index (χ3n) is 5.34. The molecule has 2 N–H and O–H groups in total. The second-order valence-electron chi connectivity index (χ2n) is 7.50. The number of thiazole rings is 1. The third kappa shape index (κ3) is 3.49. The monoisotopic (exact) mass is 470 g/mol. The first-order valence-corrected chi connectivity index (χ1v) is 12.0. The van der Waals surface area contributed by atoms with Crippen molar-refractivity contribution in [3.8, 4) is 17.0 Å². The quantitative estimate of drug-likeness (QED) is 0.606. The van der Waals surface area contributed by atoms with Crippen LogP contribution >= 0.6 is 11.3 Å². The van der Waals surface area contributed by atoms with Crippen molar-refractivity contribution in [3.05, 3.63) is 46.8 Å². The molecule has 11 heteroatoms. The van der Waals surface area contributed by atoms with Crippen LogP contribution in [0, 0.1) is 6.92 Å². The molecule has 164 valence electrons. The summed E-state index contributed by atoms with van der Waals surface area (Å²) in [6.07, 6.45) is 0.175. The number of hydrogen-bond acceptors (Lipinski definition) is 7. The number of aryl methyl sites for hydroxylation is 1. The lowest BCUT2D eigenvalue weighted by Gasteiger charge is -2.18. The lowest BCUT2D eigenvalue weighted by atomic mass is 10.1. The molecule has 0 atom stereocenters. The molecule has 0 aliphatic carbocycles. The van der Waals surface area contributed by atoms with Gasteiger partial charge in [-0.25, -0.2) is 13.4 Å². The fourth-order valence-corrected chi connectivity index (χ4v) is 5.85. The van der Waals surface area contributed by atoms with Gasteiger partial charge in [-0.2, -0.15) is 0 Å². The van der Waals surface area contributed by atoms with Crippen molar-refractivity contribution in [3.63, 3.8) is 0 Å². The largest absolute Gasteiger partial charge is 0.482 e. The van der Waals surface area contributed by atoms with Crippen molar-refractivity contribution in [2.75, 3.05) is 28.6 Å². The lowest BCUT2D eigenvalue weighted by molar-refractivity contribution is -0.119. The molecule has 0 fully saturated rings. The van der Waals surface area contributed by atoms with Crippen molar-refractivity contribution < 1.29 is 22.7 Å². The van der Waals surface area contributed by atoms with E-state index >= 15 is 0 Å². The molecule has 0 radical (unpaired) electrons. The number of carbonyl (C=O) groups excluding carboxylic acids is 2. The average molecular weight is 471 g/mol. The summed E-state index contributed by atoms with van der Waals surface area (Å²) in [6, 6.07) is 9.94. The normalized spacial score (nSPS) is 15.1. The molecule has 2 amide bonds. The van der Waals surface area contributed by atoms with Gasteiger partial charge in [0.15, 0.2) is 11.7 Å². The van der Waals surface area contributed by atoms with E-state index in [0.29, 0.717) is 28.4 Å². The van der Waals surface area contributed by atoms with E-state index in [9.17, 15) is 18.0 Å². The highest BCUT2D eigenvalue weighted by Gasteiger charge is 2.27. The highest BCUT2D eigenvalue weighted by Crippen LogP contribution is 2.37. The highest BCUT2D eigenvalue weighted by atomic mass is 32.2. The Balaban J connectivity index is 1.42. The molecule has 0 spiro atoms. The number of ether oxygens (including phenoxy) is 1. The Morgan fingerprint density at radius 2 is 2.00 bits per heavy atom. The maximum Gasteiger partial charge on any atom is 0.263 e. The molecule has 0 unspecified atom stereocenters. The maximum absolute atomic E-state index is 12.9. The minimum Gasteiger partial charge on any atom is -0.482 e. The van der Waals surface area contributed by atoms with Gasteiger partial charge in [-0.3, -0.25) is 14.3 Å². The molecular weight excluding hydrogens is 452 g/mol. The van der Waals surface area contributed by atoms with Gasteiger partial charge in [-0.15, -0.1) is 11.3 Å². The van der Waals surface area contributed by atoms with Crippen LogP contribution in [0.25, 0.3) is 11.3 Å². The van der Waals surface area contributed by atoms with Gasteiger partial charge in [0.25, 0.3) is 15.9 Å². The van der Waals surface area contributed by atoms with Gasteiger partial charge in [0.2, 0.25) is 5.91 Å². The van der Waals surface area contributed by atoms with Crippen molar-refractivity contribution >= 4 is 49.7 Å². The number of anilines is 3. The van der Waals surface area contributed by atoms with Gasteiger partial charge < -0.3 is 15.0 Å². The van der Waals surface area contributed by atoms with Crippen molar-refractivity contribution in [1.29, 1.82) is 0 Å². The van der Waals surface area contributed by atoms with Crippen LogP contribution in [0.1, 0.15) is 10.4 Å². The predicted molar refractivity (Wildman–Crippen MR) is 121 cm³/mol. The van der Waals surface area contributed by atoms with Gasteiger partial charge in [0, 0.05) is 23.2 Å². The molecule has 1 aromatic heterocycles. The molecule has 9 nitrogen and oxygen atoms in total. The van der Waals surface area contributed by atoms with E-state index < -0.39 is 10.0 Å². The number of aromatic nitrogens is 1. The molecule has 32 heavy (non-hydrogen) atoms. The molecule has 0 saturated heterocycles. The summed E-state index contributed by atoms with van der Waals surface area (Å²) in [6.45, 7) is 1.82.